The summed E-state index contributed by atoms with van der Waals surface area (Å²) in [5, 5.41) is 1.78. The summed E-state index contributed by atoms with van der Waals surface area (Å²) in [5.41, 5.74) is 3.68. The summed E-state index contributed by atoms with van der Waals surface area (Å²) in [6.07, 6.45) is 6.04. The third-order valence-electron chi connectivity index (χ3n) is 5.16. The van der Waals surface area contributed by atoms with E-state index in [0.717, 1.165) is 11.3 Å². The van der Waals surface area contributed by atoms with Crippen LogP contribution in [0.25, 0.3) is 39.6 Å². The van der Waals surface area contributed by atoms with Crippen LogP contribution in [-0.4, -0.2) is 14.1 Å². The van der Waals surface area contributed by atoms with Crippen LogP contribution in [0.1, 0.15) is 11.4 Å². The monoisotopic (exact) mass is 377 g/mol. The Balaban J connectivity index is 1.73. The molecule has 0 atom stereocenters. The standard InChI is InChI=1S/C25H19N3O/c1-27-17-18(20-11-6-8-14-23(20)27)15-16-24-26-22-13-7-5-12-21(22)25(29)28(24)19-9-3-2-4-10-19/h2-17H,1H3/b16-15+. The first-order valence-corrected chi connectivity index (χ1v) is 9.52. The minimum Gasteiger partial charge on any atom is -0.350 e. The van der Waals surface area contributed by atoms with E-state index in [0.29, 0.717) is 16.7 Å². The van der Waals surface area contributed by atoms with E-state index in [4.69, 9.17) is 4.98 Å². The molecule has 0 aliphatic heterocycles. The zero-order chi connectivity index (χ0) is 19.8. The van der Waals surface area contributed by atoms with Gasteiger partial charge in [0.05, 0.1) is 16.6 Å². The zero-order valence-electron chi connectivity index (χ0n) is 16.0. The number of hydrogen-bond acceptors (Lipinski definition) is 2. The van der Waals surface area contributed by atoms with Crippen molar-refractivity contribution in [1.29, 1.82) is 0 Å². The van der Waals surface area contributed by atoms with Crippen LogP contribution < -0.4 is 5.56 Å². The van der Waals surface area contributed by atoms with Gasteiger partial charge in [0.15, 0.2) is 0 Å². The molecule has 140 valence electrons. The Morgan fingerprint density at radius 3 is 2.31 bits per heavy atom. The van der Waals surface area contributed by atoms with Crippen molar-refractivity contribution in [1.82, 2.24) is 14.1 Å². The summed E-state index contributed by atoms with van der Waals surface area (Å²) in [5.74, 6) is 0.604. The van der Waals surface area contributed by atoms with Crippen LogP contribution >= 0.6 is 0 Å². The molecule has 5 rings (SSSR count). The molecule has 0 N–H and O–H groups in total. The van der Waals surface area contributed by atoms with Gasteiger partial charge < -0.3 is 4.57 Å². The molecular formula is C25H19N3O. The second-order valence-electron chi connectivity index (χ2n) is 7.01. The summed E-state index contributed by atoms with van der Waals surface area (Å²) in [7, 11) is 2.04. The van der Waals surface area contributed by atoms with Gasteiger partial charge in [-0.2, -0.15) is 0 Å². The quantitative estimate of drug-likeness (QED) is 0.441. The molecule has 3 aromatic carbocycles. The van der Waals surface area contributed by atoms with E-state index in [1.54, 1.807) is 4.57 Å². The summed E-state index contributed by atoms with van der Waals surface area (Å²) in [6, 6.07) is 25.4. The molecule has 0 amide bonds. The van der Waals surface area contributed by atoms with Crippen LogP contribution in [0.3, 0.4) is 0 Å². The second kappa shape index (κ2) is 6.91. The largest absolute Gasteiger partial charge is 0.350 e. The van der Waals surface area contributed by atoms with Crippen molar-refractivity contribution in [2.75, 3.05) is 0 Å². The van der Waals surface area contributed by atoms with Gasteiger partial charge in [0, 0.05) is 29.7 Å². The number of aromatic nitrogens is 3. The maximum Gasteiger partial charge on any atom is 0.266 e. The molecule has 0 bridgehead atoms. The van der Waals surface area contributed by atoms with Gasteiger partial charge in [0.1, 0.15) is 5.82 Å². The van der Waals surface area contributed by atoms with Gasteiger partial charge >= 0.3 is 0 Å². The first-order chi connectivity index (χ1) is 14.2. The molecule has 0 radical (unpaired) electrons. The highest BCUT2D eigenvalue weighted by Crippen LogP contribution is 2.23. The van der Waals surface area contributed by atoms with Gasteiger partial charge in [0.2, 0.25) is 0 Å². The molecule has 4 heteroatoms. The second-order valence-corrected chi connectivity index (χ2v) is 7.01. The van der Waals surface area contributed by atoms with Crippen molar-refractivity contribution in [2.45, 2.75) is 0 Å². The van der Waals surface area contributed by atoms with Crippen LogP contribution in [0, 0.1) is 0 Å². The van der Waals surface area contributed by atoms with E-state index in [1.807, 2.05) is 85.9 Å². The maximum absolute atomic E-state index is 13.3. The van der Waals surface area contributed by atoms with Crippen LogP contribution in [0.2, 0.25) is 0 Å². The lowest BCUT2D eigenvalue weighted by molar-refractivity contribution is 0.944. The van der Waals surface area contributed by atoms with Crippen molar-refractivity contribution in [2.24, 2.45) is 7.05 Å². The first-order valence-electron chi connectivity index (χ1n) is 9.52. The Kier molecular flexibility index (Phi) is 4.10. The SMILES string of the molecule is Cn1cc(/C=C/c2nc3ccccc3c(=O)n2-c2ccccc2)c2ccccc21. The minimum atomic E-state index is -0.0700. The van der Waals surface area contributed by atoms with Crippen molar-refractivity contribution in [3.05, 3.63) is 107 Å². The van der Waals surface area contributed by atoms with Crippen LogP contribution in [-0.2, 0) is 7.05 Å². The van der Waals surface area contributed by atoms with E-state index in [1.165, 1.54) is 10.9 Å². The van der Waals surface area contributed by atoms with Crippen molar-refractivity contribution in [3.8, 4) is 5.69 Å². The van der Waals surface area contributed by atoms with Gasteiger partial charge in [-0.3, -0.25) is 9.36 Å². The van der Waals surface area contributed by atoms with E-state index in [9.17, 15) is 4.79 Å². The van der Waals surface area contributed by atoms with E-state index in [2.05, 4.69) is 22.9 Å². The Labute approximate surface area is 168 Å². The average molecular weight is 377 g/mol. The lowest BCUT2D eigenvalue weighted by Crippen LogP contribution is -2.22. The summed E-state index contributed by atoms with van der Waals surface area (Å²) < 4.78 is 3.77. The fraction of sp³-hybridized carbons (Fsp3) is 0.0400. The van der Waals surface area contributed by atoms with Gasteiger partial charge in [0.25, 0.3) is 5.56 Å². The number of aryl methyl sites for hydroxylation is 1. The van der Waals surface area contributed by atoms with Crippen molar-refractivity contribution >= 4 is 34.0 Å². The molecule has 0 aliphatic rings. The Bertz CT molecular complexity index is 1430. The number of benzene rings is 3. The molecular weight excluding hydrogens is 358 g/mol. The molecule has 29 heavy (non-hydrogen) atoms. The topological polar surface area (TPSA) is 39.8 Å². The van der Waals surface area contributed by atoms with E-state index < -0.39 is 0 Å². The number of nitrogens with zero attached hydrogens (tertiary/aromatic N) is 3. The highest BCUT2D eigenvalue weighted by Gasteiger charge is 2.11. The molecule has 0 unspecified atom stereocenters. The van der Waals surface area contributed by atoms with Crippen molar-refractivity contribution in [3.63, 3.8) is 0 Å². The van der Waals surface area contributed by atoms with Crippen LogP contribution in [0.4, 0.5) is 0 Å². The predicted octanol–water partition coefficient (Wildman–Crippen LogP) is 5.05. The molecule has 2 aromatic heterocycles. The third kappa shape index (κ3) is 2.95. The van der Waals surface area contributed by atoms with Crippen LogP contribution in [0.15, 0.2) is 89.9 Å². The first kappa shape index (κ1) is 17.2. The van der Waals surface area contributed by atoms with E-state index in [-0.39, 0.29) is 5.56 Å². The Hall–Kier alpha value is -3.92. The molecule has 0 saturated heterocycles. The maximum atomic E-state index is 13.3. The highest BCUT2D eigenvalue weighted by molar-refractivity contribution is 5.92. The number of fused-ring (bicyclic) bond motifs is 2. The smallest absolute Gasteiger partial charge is 0.266 e. The molecule has 0 spiro atoms. The lowest BCUT2D eigenvalue weighted by atomic mass is 10.1. The fourth-order valence-corrected chi connectivity index (χ4v) is 3.76. The lowest BCUT2D eigenvalue weighted by Gasteiger charge is -2.11. The molecule has 0 fully saturated rings. The Morgan fingerprint density at radius 2 is 1.48 bits per heavy atom. The Morgan fingerprint density at radius 1 is 0.793 bits per heavy atom. The summed E-state index contributed by atoms with van der Waals surface area (Å²) in [6.45, 7) is 0. The molecule has 0 aliphatic carbocycles. The molecule has 0 saturated carbocycles. The van der Waals surface area contributed by atoms with Gasteiger partial charge in [-0.05, 0) is 42.5 Å². The van der Waals surface area contributed by atoms with Gasteiger partial charge in [-0.25, -0.2) is 4.98 Å². The predicted molar refractivity (Wildman–Crippen MR) is 119 cm³/mol. The number of rotatable bonds is 3. The number of para-hydroxylation sites is 3. The minimum absolute atomic E-state index is 0.0700. The third-order valence-corrected chi connectivity index (χ3v) is 5.16. The average Bonchev–Trinajstić information content (AvgIpc) is 3.09. The highest BCUT2D eigenvalue weighted by atomic mass is 16.1. The van der Waals surface area contributed by atoms with Crippen molar-refractivity contribution < 1.29 is 0 Å². The zero-order valence-corrected chi connectivity index (χ0v) is 16.0. The fourth-order valence-electron chi connectivity index (χ4n) is 3.76. The van der Waals surface area contributed by atoms with Gasteiger partial charge in [-0.15, -0.1) is 0 Å². The summed E-state index contributed by atoms with van der Waals surface area (Å²) in [4.78, 5) is 18.0. The van der Waals surface area contributed by atoms with Gasteiger partial charge in [-0.1, -0.05) is 48.5 Å². The molecule has 2 heterocycles. The normalized spacial score (nSPS) is 11.6. The molecule has 5 aromatic rings. The summed E-state index contributed by atoms with van der Waals surface area (Å²) >= 11 is 0. The van der Waals surface area contributed by atoms with Crippen LogP contribution in [0.5, 0.6) is 0 Å². The molecule has 4 nitrogen and oxygen atoms in total. The number of hydrogen-bond donors (Lipinski definition) is 0. The van der Waals surface area contributed by atoms with E-state index >= 15 is 0 Å².